The van der Waals surface area contributed by atoms with Crippen LogP contribution in [-0.4, -0.2) is 16.1 Å². The average Bonchev–Trinajstić information content (AvgIpc) is 3.07. The molecule has 0 atom stereocenters. The van der Waals surface area contributed by atoms with Gasteiger partial charge in [0, 0.05) is 42.5 Å². The fraction of sp³-hybridized carbons (Fsp3) is 0.238. The highest BCUT2D eigenvalue weighted by atomic mass is 19.3. The third-order valence-corrected chi connectivity index (χ3v) is 4.39. The number of nitrogens with one attached hydrogen (secondary N) is 1. The number of halogens is 1. The summed E-state index contributed by atoms with van der Waals surface area (Å²) in [7, 11) is 1.87. The van der Waals surface area contributed by atoms with Crippen LogP contribution in [0.2, 0.25) is 0 Å². The van der Waals surface area contributed by atoms with Crippen molar-refractivity contribution in [3.63, 3.8) is 0 Å². The number of oxime groups is 1. The van der Waals surface area contributed by atoms with Crippen molar-refractivity contribution in [1.29, 1.82) is 0 Å². The van der Waals surface area contributed by atoms with Crippen molar-refractivity contribution in [3.05, 3.63) is 71.9 Å². The Bertz CT molecular complexity index is 942. The van der Waals surface area contributed by atoms with Crippen LogP contribution in [0.5, 0.6) is 5.75 Å². The summed E-state index contributed by atoms with van der Waals surface area (Å²) >= 11 is 0. The fourth-order valence-corrected chi connectivity index (χ4v) is 2.91. The van der Waals surface area contributed by atoms with Crippen LogP contribution >= 0.6 is 0 Å². The van der Waals surface area contributed by atoms with E-state index in [2.05, 4.69) is 22.0 Å². The van der Waals surface area contributed by atoms with E-state index >= 15 is 0 Å². The average molecular weight is 383 g/mol. The Kier molecular flexibility index (Phi) is 5.93. The lowest BCUT2D eigenvalue weighted by atomic mass is 10.1. The van der Waals surface area contributed by atoms with Gasteiger partial charge in [-0.3, -0.25) is 9.74 Å². The van der Waals surface area contributed by atoms with Gasteiger partial charge in [0.05, 0.1) is 17.0 Å². The first kappa shape index (κ1) is 19.4. The van der Waals surface area contributed by atoms with Crippen LogP contribution in [0.25, 0.3) is 0 Å². The first-order valence-electron chi connectivity index (χ1n) is 8.90. The Morgan fingerprint density at radius 3 is 2.71 bits per heavy atom. The van der Waals surface area contributed by atoms with Crippen LogP contribution in [0.1, 0.15) is 42.1 Å². The number of nitrogens with zero attached hydrogens (tertiary/aromatic N) is 2. The molecule has 0 saturated heterocycles. The van der Waals surface area contributed by atoms with Crippen molar-refractivity contribution >= 4 is 17.2 Å². The van der Waals surface area contributed by atoms with Crippen LogP contribution in [0.4, 0.5) is 10.2 Å². The number of benzene rings is 1. The molecular weight excluding hydrogens is 361 g/mol. The zero-order valence-electron chi connectivity index (χ0n) is 15.9. The van der Waals surface area contributed by atoms with E-state index in [0.29, 0.717) is 24.8 Å². The van der Waals surface area contributed by atoms with Gasteiger partial charge in [0.2, 0.25) is 0 Å². The number of carbonyl (C=O) groups is 1. The minimum atomic E-state index is 0.00204. The molecule has 0 fully saturated rings. The normalized spacial score (nSPS) is 13.2. The Balaban J connectivity index is 1.51. The van der Waals surface area contributed by atoms with Gasteiger partial charge in [-0.05, 0) is 49.2 Å². The van der Waals surface area contributed by atoms with E-state index in [1.165, 1.54) is 19.1 Å². The summed E-state index contributed by atoms with van der Waals surface area (Å²) in [6.07, 6.45) is 7.52. The molecule has 0 bridgehead atoms. The molecule has 7 heteroatoms. The van der Waals surface area contributed by atoms with Crippen LogP contribution in [0, 0.1) is 0 Å². The van der Waals surface area contributed by atoms with E-state index < -0.39 is 0 Å². The van der Waals surface area contributed by atoms with E-state index in [9.17, 15) is 9.32 Å². The minimum Gasteiger partial charge on any atom is -0.362 e. The molecule has 0 amide bonds. The Labute approximate surface area is 162 Å². The monoisotopic (exact) mass is 383 g/mol. The van der Waals surface area contributed by atoms with Gasteiger partial charge < -0.3 is 14.7 Å². The van der Waals surface area contributed by atoms with E-state index in [0.717, 1.165) is 28.4 Å². The third-order valence-electron chi connectivity index (χ3n) is 4.39. The molecule has 0 aliphatic carbocycles. The number of allylic oxidation sites excluding steroid dienone is 3. The number of rotatable bonds is 8. The molecular formula is C21H22FN3O3. The van der Waals surface area contributed by atoms with Gasteiger partial charge in [-0.1, -0.05) is 11.7 Å². The van der Waals surface area contributed by atoms with Gasteiger partial charge in [0.1, 0.15) is 5.76 Å². The molecule has 2 aromatic rings. The van der Waals surface area contributed by atoms with Gasteiger partial charge in [-0.15, -0.1) is 0 Å². The Morgan fingerprint density at radius 1 is 1.36 bits per heavy atom. The molecule has 1 aromatic heterocycles. The van der Waals surface area contributed by atoms with Crippen molar-refractivity contribution in [1.82, 2.24) is 4.57 Å². The van der Waals surface area contributed by atoms with Crippen molar-refractivity contribution in [3.8, 4) is 5.75 Å². The smallest absolute Gasteiger partial charge is 0.171 e. The molecule has 6 nitrogen and oxygen atoms in total. The predicted molar refractivity (Wildman–Crippen MR) is 106 cm³/mol. The zero-order chi connectivity index (χ0) is 20.1. The maximum Gasteiger partial charge on any atom is 0.171 e. The summed E-state index contributed by atoms with van der Waals surface area (Å²) in [6.45, 7) is 5.57. The molecule has 1 aliphatic heterocycles. The number of Topliss-reactive ketones (excluding diaryl/α,β-unsaturated/α-hetero) is 1. The standard InChI is InChI=1S/C21H22FN3O3/c1-14(23-21-13-25(3)12-19(21)15(2)26)4-7-18-10-11-20(24-28-18)16-5-8-17(27-22)9-6-16/h5-6,8-10,12-13,23H,1,4,7,11H2,2-3H3. The lowest BCUT2D eigenvalue weighted by Gasteiger charge is -2.14. The van der Waals surface area contributed by atoms with Crippen molar-refractivity contribution < 1.29 is 19.1 Å². The second-order valence-electron chi connectivity index (χ2n) is 6.64. The predicted octanol–water partition coefficient (Wildman–Crippen LogP) is 4.91. The zero-order valence-corrected chi connectivity index (χ0v) is 15.9. The highest BCUT2D eigenvalue weighted by Crippen LogP contribution is 2.23. The Hall–Kier alpha value is -3.35. The summed E-state index contributed by atoms with van der Waals surface area (Å²) in [5.74, 6) is 0.909. The topological polar surface area (TPSA) is 64.8 Å². The number of anilines is 1. The minimum absolute atomic E-state index is 0.00204. The van der Waals surface area contributed by atoms with Gasteiger partial charge in [-0.25, -0.2) is 0 Å². The number of ketones is 1. The van der Waals surface area contributed by atoms with Crippen LogP contribution in [0.15, 0.2) is 65.9 Å². The van der Waals surface area contributed by atoms with Gasteiger partial charge in [0.15, 0.2) is 11.5 Å². The first-order chi connectivity index (χ1) is 13.5. The highest BCUT2D eigenvalue weighted by molar-refractivity contribution is 6.01. The molecule has 1 aromatic carbocycles. The number of aromatic nitrogens is 1. The SMILES string of the molecule is C=C(CCC1=CCC(c2ccc(OF)cc2)=NO1)Nc1cn(C)cc1C(C)=O. The number of hydrogen-bond acceptors (Lipinski definition) is 5. The molecule has 28 heavy (non-hydrogen) atoms. The lowest BCUT2D eigenvalue weighted by Crippen LogP contribution is -2.07. The van der Waals surface area contributed by atoms with Crippen LogP contribution in [0.3, 0.4) is 0 Å². The third kappa shape index (κ3) is 4.68. The largest absolute Gasteiger partial charge is 0.362 e. The summed E-state index contributed by atoms with van der Waals surface area (Å²) in [6, 6.07) is 6.53. The molecule has 0 unspecified atom stereocenters. The Morgan fingerprint density at radius 2 is 2.11 bits per heavy atom. The van der Waals surface area contributed by atoms with E-state index in [4.69, 9.17) is 4.84 Å². The lowest BCUT2D eigenvalue weighted by molar-refractivity contribution is -0.00620. The van der Waals surface area contributed by atoms with E-state index in [1.54, 1.807) is 18.3 Å². The molecule has 146 valence electrons. The maximum absolute atomic E-state index is 12.1. The molecule has 0 radical (unpaired) electrons. The summed E-state index contributed by atoms with van der Waals surface area (Å²) < 4.78 is 13.9. The first-order valence-corrected chi connectivity index (χ1v) is 8.90. The van der Waals surface area contributed by atoms with Crippen molar-refractivity contribution in [2.75, 3.05) is 5.32 Å². The van der Waals surface area contributed by atoms with Crippen LogP contribution < -0.4 is 10.3 Å². The summed E-state index contributed by atoms with van der Waals surface area (Å²) in [5.41, 5.74) is 3.79. The molecule has 1 aliphatic rings. The number of hydrogen-bond donors (Lipinski definition) is 1. The molecule has 0 saturated carbocycles. The molecule has 1 N–H and O–H groups in total. The molecule has 2 heterocycles. The van der Waals surface area contributed by atoms with Gasteiger partial charge in [-0.2, -0.15) is 0 Å². The summed E-state index contributed by atoms with van der Waals surface area (Å²) in [5, 5.41) is 7.36. The van der Waals surface area contributed by atoms with Crippen molar-refractivity contribution in [2.24, 2.45) is 12.2 Å². The van der Waals surface area contributed by atoms with Gasteiger partial charge >= 0.3 is 0 Å². The highest BCUT2D eigenvalue weighted by Gasteiger charge is 2.13. The van der Waals surface area contributed by atoms with Crippen molar-refractivity contribution in [2.45, 2.75) is 26.2 Å². The summed E-state index contributed by atoms with van der Waals surface area (Å²) in [4.78, 5) is 20.9. The fourth-order valence-electron chi connectivity index (χ4n) is 2.91. The quantitative estimate of drug-likeness (QED) is 0.658. The number of carbonyl (C=O) groups excluding carboxylic acids is 1. The second kappa shape index (κ2) is 8.56. The molecule has 0 spiro atoms. The van der Waals surface area contributed by atoms with Gasteiger partial charge in [0.25, 0.3) is 0 Å². The number of aryl methyl sites for hydroxylation is 1. The van der Waals surface area contributed by atoms with E-state index in [1.807, 2.05) is 23.9 Å². The maximum atomic E-state index is 12.1. The second-order valence-corrected chi connectivity index (χ2v) is 6.64. The van der Waals surface area contributed by atoms with Crippen LogP contribution in [-0.2, 0) is 11.9 Å². The molecule has 3 rings (SSSR count). The van der Waals surface area contributed by atoms with E-state index in [-0.39, 0.29) is 11.5 Å².